The van der Waals surface area contributed by atoms with E-state index < -0.39 is 0 Å². The van der Waals surface area contributed by atoms with Crippen molar-refractivity contribution in [1.29, 1.82) is 0 Å². The highest BCUT2D eigenvalue weighted by atomic mass is 35.5. The number of ether oxygens (including phenoxy) is 1. The van der Waals surface area contributed by atoms with Gasteiger partial charge in [-0.1, -0.05) is 53.5 Å². The maximum Gasteiger partial charge on any atom is 0.0810 e. The van der Waals surface area contributed by atoms with Gasteiger partial charge in [-0.15, -0.1) is 0 Å². The van der Waals surface area contributed by atoms with Gasteiger partial charge in [0.05, 0.1) is 18.8 Å². The van der Waals surface area contributed by atoms with Crippen LogP contribution in [0, 0.1) is 0 Å². The molecule has 1 saturated heterocycles. The average molecular weight is 322 g/mol. The normalized spacial score (nSPS) is 22.2. The summed E-state index contributed by atoms with van der Waals surface area (Å²) in [5, 5.41) is 4.87. The largest absolute Gasteiger partial charge is 0.375 e. The van der Waals surface area contributed by atoms with Crippen LogP contribution in [0.4, 0.5) is 0 Å². The molecule has 0 bridgehead atoms. The van der Waals surface area contributed by atoms with Gasteiger partial charge in [0.15, 0.2) is 0 Å². The van der Waals surface area contributed by atoms with Crippen molar-refractivity contribution in [2.24, 2.45) is 0 Å². The number of morpholine rings is 1. The summed E-state index contributed by atoms with van der Waals surface area (Å²) in [4.78, 5) is 0. The van der Waals surface area contributed by atoms with E-state index in [-0.39, 0.29) is 12.1 Å². The van der Waals surface area contributed by atoms with Crippen LogP contribution in [0.3, 0.4) is 0 Å². The van der Waals surface area contributed by atoms with Gasteiger partial charge in [-0.05, 0) is 29.3 Å². The first-order valence-electron chi connectivity index (χ1n) is 7.07. The Morgan fingerprint density at radius 1 is 1.05 bits per heavy atom. The summed E-state index contributed by atoms with van der Waals surface area (Å²) in [5.74, 6) is 0. The van der Waals surface area contributed by atoms with Crippen LogP contribution in [0.1, 0.15) is 17.2 Å². The molecule has 0 aliphatic carbocycles. The SMILES string of the molecule is Clc1cc(Cl)cc(C[C@@H]2OCCN[C@H]2c2ccccc2)c1. The second-order valence-corrected chi connectivity index (χ2v) is 6.11. The van der Waals surface area contributed by atoms with Gasteiger partial charge in [-0.2, -0.15) is 0 Å². The molecule has 4 heteroatoms. The monoisotopic (exact) mass is 321 g/mol. The number of hydrogen-bond acceptors (Lipinski definition) is 2. The van der Waals surface area contributed by atoms with E-state index in [0.717, 1.165) is 25.1 Å². The van der Waals surface area contributed by atoms with Crippen LogP contribution in [0.15, 0.2) is 48.5 Å². The Hall–Kier alpha value is -1.06. The fourth-order valence-electron chi connectivity index (χ4n) is 2.78. The molecular weight excluding hydrogens is 305 g/mol. The fourth-order valence-corrected chi connectivity index (χ4v) is 3.35. The minimum Gasteiger partial charge on any atom is -0.375 e. The van der Waals surface area contributed by atoms with Gasteiger partial charge in [0.1, 0.15) is 0 Å². The van der Waals surface area contributed by atoms with E-state index >= 15 is 0 Å². The zero-order valence-electron chi connectivity index (χ0n) is 11.6. The van der Waals surface area contributed by atoms with Crippen molar-refractivity contribution in [1.82, 2.24) is 5.32 Å². The Kier molecular flexibility index (Phi) is 4.81. The summed E-state index contributed by atoms with van der Waals surface area (Å²) >= 11 is 12.2. The van der Waals surface area contributed by atoms with Crippen molar-refractivity contribution >= 4 is 23.2 Å². The molecule has 0 unspecified atom stereocenters. The lowest BCUT2D eigenvalue weighted by Crippen LogP contribution is -2.43. The lowest BCUT2D eigenvalue weighted by molar-refractivity contribution is -0.00399. The molecule has 0 saturated carbocycles. The number of rotatable bonds is 3. The van der Waals surface area contributed by atoms with Gasteiger partial charge < -0.3 is 10.1 Å². The Labute approximate surface area is 135 Å². The zero-order valence-corrected chi connectivity index (χ0v) is 13.1. The Bertz CT molecular complexity index is 583. The first kappa shape index (κ1) is 14.9. The molecule has 3 rings (SSSR count). The predicted molar refractivity (Wildman–Crippen MR) is 87.1 cm³/mol. The molecule has 0 amide bonds. The molecule has 110 valence electrons. The van der Waals surface area contributed by atoms with Gasteiger partial charge in [0, 0.05) is 23.0 Å². The minimum absolute atomic E-state index is 0.0793. The van der Waals surface area contributed by atoms with Gasteiger partial charge in [0.2, 0.25) is 0 Å². The fraction of sp³-hybridized carbons (Fsp3) is 0.294. The van der Waals surface area contributed by atoms with E-state index in [0.29, 0.717) is 10.0 Å². The number of halogens is 2. The van der Waals surface area contributed by atoms with Gasteiger partial charge in [0.25, 0.3) is 0 Å². The number of benzene rings is 2. The van der Waals surface area contributed by atoms with Gasteiger partial charge in [-0.25, -0.2) is 0 Å². The van der Waals surface area contributed by atoms with Crippen molar-refractivity contribution in [3.63, 3.8) is 0 Å². The van der Waals surface area contributed by atoms with E-state index in [4.69, 9.17) is 27.9 Å². The third-order valence-electron chi connectivity index (χ3n) is 3.69. The molecule has 0 radical (unpaired) electrons. The highest BCUT2D eigenvalue weighted by Crippen LogP contribution is 2.27. The van der Waals surface area contributed by atoms with Crippen LogP contribution in [0.25, 0.3) is 0 Å². The first-order valence-corrected chi connectivity index (χ1v) is 7.83. The highest BCUT2D eigenvalue weighted by molar-refractivity contribution is 6.34. The van der Waals surface area contributed by atoms with E-state index in [1.165, 1.54) is 5.56 Å². The van der Waals surface area contributed by atoms with Crippen molar-refractivity contribution in [2.45, 2.75) is 18.6 Å². The lowest BCUT2D eigenvalue weighted by atomic mass is 9.95. The second kappa shape index (κ2) is 6.80. The molecule has 0 spiro atoms. The zero-order chi connectivity index (χ0) is 14.7. The molecule has 2 aromatic rings. The molecule has 1 heterocycles. The summed E-state index contributed by atoms with van der Waals surface area (Å²) in [6.07, 6.45) is 0.864. The summed E-state index contributed by atoms with van der Waals surface area (Å²) in [6.45, 7) is 1.59. The number of hydrogen-bond donors (Lipinski definition) is 1. The Morgan fingerprint density at radius 3 is 2.48 bits per heavy atom. The third kappa shape index (κ3) is 3.78. The maximum atomic E-state index is 6.08. The van der Waals surface area contributed by atoms with Crippen LogP contribution in [0.2, 0.25) is 10.0 Å². The quantitative estimate of drug-likeness (QED) is 0.911. The Balaban J connectivity index is 1.81. The smallest absolute Gasteiger partial charge is 0.0810 e. The topological polar surface area (TPSA) is 21.3 Å². The van der Waals surface area contributed by atoms with Crippen LogP contribution in [-0.4, -0.2) is 19.3 Å². The first-order chi connectivity index (χ1) is 10.2. The molecule has 0 aromatic heterocycles. The van der Waals surface area contributed by atoms with E-state index in [1.54, 1.807) is 6.07 Å². The molecule has 2 nitrogen and oxygen atoms in total. The molecule has 1 N–H and O–H groups in total. The van der Waals surface area contributed by atoms with Crippen molar-refractivity contribution in [3.05, 3.63) is 69.7 Å². The second-order valence-electron chi connectivity index (χ2n) is 5.23. The molecular formula is C17H17Cl2NO. The molecule has 1 aliphatic rings. The predicted octanol–water partition coefficient (Wildman–Crippen LogP) is 4.27. The van der Waals surface area contributed by atoms with Crippen LogP contribution in [-0.2, 0) is 11.2 Å². The molecule has 2 aromatic carbocycles. The van der Waals surface area contributed by atoms with Crippen LogP contribution >= 0.6 is 23.2 Å². The van der Waals surface area contributed by atoms with Crippen LogP contribution in [0.5, 0.6) is 0 Å². The summed E-state index contributed by atoms with van der Waals surface area (Å²) < 4.78 is 5.98. The Morgan fingerprint density at radius 2 is 1.76 bits per heavy atom. The molecule has 21 heavy (non-hydrogen) atoms. The lowest BCUT2D eigenvalue weighted by Gasteiger charge is -2.33. The van der Waals surface area contributed by atoms with Crippen LogP contribution < -0.4 is 5.32 Å². The summed E-state index contributed by atoms with van der Waals surface area (Å²) in [5.41, 5.74) is 2.34. The minimum atomic E-state index is 0.0793. The third-order valence-corrected chi connectivity index (χ3v) is 4.12. The summed E-state index contributed by atoms with van der Waals surface area (Å²) in [6, 6.07) is 16.2. The summed E-state index contributed by atoms with van der Waals surface area (Å²) in [7, 11) is 0. The molecule has 1 fully saturated rings. The molecule has 2 atom stereocenters. The van der Waals surface area contributed by atoms with Crippen molar-refractivity contribution in [2.75, 3.05) is 13.2 Å². The van der Waals surface area contributed by atoms with Gasteiger partial charge in [-0.3, -0.25) is 0 Å². The number of nitrogens with one attached hydrogen (secondary N) is 1. The average Bonchev–Trinajstić information content (AvgIpc) is 2.48. The highest BCUT2D eigenvalue weighted by Gasteiger charge is 2.27. The van der Waals surface area contributed by atoms with E-state index in [1.807, 2.05) is 18.2 Å². The van der Waals surface area contributed by atoms with E-state index in [9.17, 15) is 0 Å². The van der Waals surface area contributed by atoms with Crippen molar-refractivity contribution < 1.29 is 4.74 Å². The molecule has 1 aliphatic heterocycles. The maximum absolute atomic E-state index is 6.08. The van der Waals surface area contributed by atoms with Gasteiger partial charge >= 0.3 is 0 Å². The van der Waals surface area contributed by atoms with Crippen molar-refractivity contribution in [3.8, 4) is 0 Å². The standard InChI is InChI=1S/C17H17Cl2NO/c18-14-8-12(9-15(19)11-14)10-16-17(20-6-7-21-16)13-4-2-1-3-5-13/h1-5,8-9,11,16-17,20H,6-7,10H2/t16-,17-/m0/s1. The van der Waals surface area contributed by atoms with E-state index in [2.05, 4.69) is 29.6 Å².